The minimum Gasteiger partial charge on any atom is -0.496 e. The molecule has 1 aliphatic carbocycles. The molecule has 0 aromatic heterocycles. The lowest BCUT2D eigenvalue weighted by Gasteiger charge is -2.22. The molecule has 0 amide bonds. The maximum absolute atomic E-state index is 12.6. The van der Waals surface area contributed by atoms with Crippen LogP contribution in [0.15, 0.2) is 18.2 Å². The van der Waals surface area contributed by atoms with Gasteiger partial charge in [0.2, 0.25) is 0 Å². The number of ether oxygens (including phenoxy) is 1. The Bertz CT molecular complexity index is 423. The van der Waals surface area contributed by atoms with Gasteiger partial charge in [-0.1, -0.05) is 25.3 Å². The molecule has 1 aliphatic rings. The number of Topliss-reactive ketones (excluding diaryl/α,β-unsaturated/α-hetero) is 1. The number of methoxy groups -OCH3 is 1. The van der Waals surface area contributed by atoms with E-state index in [2.05, 4.69) is 0 Å². The van der Waals surface area contributed by atoms with Crippen molar-refractivity contribution >= 4 is 5.78 Å². The summed E-state index contributed by atoms with van der Waals surface area (Å²) in [6, 6.07) is 5.60. The molecular formula is C15H19FO2. The first-order chi connectivity index (χ1) is 8.76. The van der Waals surface area contributed by atoms with Crippen molar-refractivity contribution in [1.29, 1.82) is 0 Å². The third-order valence-electron chi connectivity index (χ3n) is 3.72. The Morgan fingerprint density at radius 3 is 2.67 bits per heavy atom. The Morgan fingerprint density at radius 1 is 1.33 bits per heavy atom. The predicted molar refractivity (Wildman–Crippen MR) is 69.1 cm³/mol. The van der Waals surface area contributed by atoms with Crippen molar-refractivity contribution in [3.63, 3.8) is 0 Å². The monoisotopic (exact) mass is 250 g/mol. The minimum absolute atomic E-state index is 0.378. The van der Waals surface area contributed by atoms with E-state index in [1.54, 1.807) is 6.07 Å². The fourth-order valence-corrected chi connectivity index (χ4v) is 2.71. The van der Waals surface area contributed by atoms with Crippen LogP contribution in [0, 0.1) is 0 Å². The van der Waals surface area contributed by atoms with Crippen LogP contribution in [-0.2, 0) is 0 Å². The second-order valence-corrected chi connectivity index (χ2v) is 4.85. The van der Waals surface area contributed by atoms with Gasteiger partial charge < -0.3 is 4.74 Å². The van der Waals surface area contributed by atoms with E-state index in [0.29, 0.717) is 17.2 Å². The summed E-state index contributed by atoms with van der Waals surface area (Å²) >= 11 is 0. The molecule has 0 atom stereocenters. The summed E-state index contributed by atoms with van der Waals surface area (Å²) < 4.78 is 17.7. The number of ketones is 1. The predicted octanol–water partition coefficient (Wildman–Crippen LogP) is 3.90. The van der Waals surface area contributed by atoms with Gasteiger partial charge in [-0.05, 0) is 36.5 Å². The lowest BCUT2D eigenvalue weighted by molar-refractivity contribution is 0.0955. The standard InChI is InChI=1S/C15H19FO2/c1-18-15-8-7-12(9-13(15)14(17)10-16)11-5-3-2-4-6-11/h7-9,11H,2-6,10H2,1H3. The fraction of sp³-hybridized carbons (Fsp3) is 0.533. The van der Waals surface area contributed by atoms with Crippen molar-refractivity contribution in [2.24, 2.45) is 0 Å². The van der Waals surface area contributed by atoms with Crippen molar-refractivity contribution in [2.75, 3.05) is 13.8 Å². The maximum atomic E-state index is 12.6. The first-order valence-electron chi connectivity index (χ1n) is 6.53. The normalized spacial score (nSPS) is 16.6. The van der Waals surface area contributed by atoms with Gasteiger partial charge in [-0.3, -0.25) is 4.79 Å². The SMILES string of the molecule is COc1ccc(C2CCCCC2)cc1C(=O)CF. The average Bonchev–Trinajstić information content (AvgIpc) is 2.46. The number of rotatable bonds is 4. The quantitative estimate of drug-likeness (QED) is 0.758. The van der Waals surface area contributed by atoms with Crippen LogP contribution in [-0.4, -0.2) is 19.6 Å². The van der Waals surface area contributed by atoms with Crippen molar-refractivity contribution in [3.8, 4) is 5.75 Å². The number of benzene rings is 1. The molecular weight excluding hydrogens is 231 g/mol. The van der Waals surface area contributed by atoms with Gasteiger partial charge in [0.05, 0.1) is 12.7 Å². The molecule has 2 rings (SSSR count). The van der Waals surface area contributed by atoms with Crippen molar-refractivity contribution < 1.29 is 13.9 Å². The van der Waals surface area contributed by atoms with Gasteiger partial charge in [0.15, 0.2) is 12.5 Å². The molecule has 0 radical (unpaired) electrons. The molecule has 0 N–H and O–H groups in total. The summed E-state index contributed by atoms with van der Waals surface area (Å²) in [4.78, 5) is 11.6. The molecule has 18 heavy (non-hydrogen) atoms. The summed E-state index contributed by atoms with van der Waals surface area (Å²) in [5.74, 6) is 0.484. The van der Waals surface area contributed by atoms with E-state index in [1.807, 2.05) is 12.1 Å². The lowest BCUT2D eigenvalue weighted by atomic mass is 9.83. The third-order valence-corrected chi connectivity index (χ3v) is 3.72. The van der Waals surface area contributed by atoms with Crippen LogP contribution < -0.4 is 4.74 Å². The summed E-state index contributed by atoms with van der Waals surface area (Å²) in [7, 11) is 1.50. The number of halogens is 1. The molecule has 0 aliphatic heterocycles. The zero-order chi connectivity index (χ0) is 13.0. The topological polar surface area (TPSA) is 26.3 Å². The van der Waals surface area contributed by atoms with E-state index in [9.17, 15) is 9.18 Å². The van der Waals surface area contributed by atoms with E-state index < -0.39 is 12.5 Å². The zero-order valence-electron chi connectivity index (χ0n) is 10.7. The van der Waals surface area contributed by atoms with Crippen LogP contribution in [0.25, 0.3) is 0 Å². The average molecular weight is 250 g/mol. The molecule has 0 spiro atoms. The molecule has 2 nitrogen and oxygen atoms in total. The molecule has 1 fully saturated rings. The van der Waals surface area contributed by atoms with Gasteiger partial charge in [-0.25, -0.2) is 4.39 Å². The molecule has 0 bridgehead atoms. The number of carbonyl (C=O) groups excluding carboxylic acids is 1. The highest BCUT2D eigenvalue weighted by atomic mass is 19.1. The molecule has 0 unspecified atom stereocenters. The number of alkyl halides is 1. The molecule has 1 aromatic rings. The van der Waals surface area contributed by atoms with E-state index in [1.165, 1.54) is 26.4 Å². The highest BCUT2D eigenvalue weighted by Gasteiger charge is 2.19. The largest absolute Gasteiger partial charge is 0.496 e. The second-order valence-electron chi connectivity index (χ2n) is 4.85. The second kappa shape index (κ2) is 5.98. The van der Waals surface area contributed by atoms with Crippen molar-refractivity contribution in [3.05, 3.63) is 29.3 Å². The van der Waals surface area contributed by atoms with Crippen LogP contribution >= 0.6 is 0 Å². The van der Waals surface area contributed by atoms with Crippen LogP contribution in [0.2, 0.25) is 0 Å². The Balaban J connectivity index is 2.29. The van der Waals surface area contributed by atoms with Crippen LogP contribution in [0.1, 0.15) is 53.9 Å². The molecule has 1 saturated carbocycles. The van der Waals surface area contributed by atoms with Crippen molar-refractivity contribution in [2.45, 2.75) is 38.0 Å². The first-order valence-corrected chi connectivity index (χ1v) is 6.53. The summed E-state index contributed by atoms with van der Waals surface area (Å²) in [5.41, 5.74) is 1.52. The van der Waals surface area contributed by atoms with E-state index in [4.69, 9.17) is 4.74 Å². The third kappa shape index (κ3) is 2.71. The molecule has 0 saturated heterocycles. The molecule has 98 valence electrons. The maximum Gasteiger partial charge on any atom is 0.197 e. The number of carbonyl (C=O) groups is 1. The zero-order valence-corrected chi connectivity index (χ0v) is 10.7. The van der Waals surface area contributed by atoms with E-state index >= 15 is 0 Å². The van der Waals surface area contributed by atoms with Gasteiger partial charge >= 0.3 is 0 Å². The molecule has 1 aromatic carbocycles. The van der Waals surface area contributed by atoms with Gasteiger partial charge in [-0.15, -0.1) is 0 Å². The minimum atomic E-state index is -0.968. The summed E-state index contributed by atoms with van der Waals surface area (Å²) in [6.07, 6.45) is 6.10. The first kappa shape index (κ1) is 13.1. The number of hydrogen-bond acceptors (Lipinski definition) is 2. The Hall–Kier alpha value is -1.38. The lowest BCUT2D eigenvalue weighted by Crippen LogP contribution is -2.08. The van der Waals surface area contributed by atoms with Crippen LogP contribution in [0.4, 0.5) is 4.39 Å². The van der Waals surface area contributed by atoms with Gasteiger partial charge in [0.1, 0.15) is 5.75 Å². The smallest absolute Gasteiger partial charge is 0.197 e. The van der Waals surface area contributed by atoms with Crippen LogP contribution in [0.5, 0.6) is 5.75 Å². The van der Waals surface area contributed by atoms with Gasteiger partial charge in [0, 0.05) is 0 Å². The summed E-state index contributed by atoms with van der Waals surface area (Å²) in [6.45, 7) is -0.968. The van der Waals surface area contributed by atoms with E-state index in [-0.39, 0.29) is 0 Å². The van der Waals surface area contributed by atoms with Gasteiger partial charge in [-0.2, -0.15) is 0 Å². The molecule has 3 heteroatoms. The summed E-state index contributed by atoms with van der Waals surface area (Å²) in [5, 5.41) is 0. The molecule has 0 heterocycles. The highest BCUT2D eigenvalue weighted by molar-refractivity contribution is 5.99. The highest BCUT2D eigenvalue weighted by Crippen LogP contribution is 2.34. The van der Waals surface area contributed by atoms with Gasteiger partial charge in [0.25, 0.3) is 0 Å². The number of hydrogen-bond donors (Lipinski definition) is 0. The Kier molecular flexibility index (Phi) is 4.34. The van der Waals surface area contributed by atoms with E-state index in [0.717, 1.165) is 18.4 Å². The fourth-order valence-electron chi connectivity index (χ4n) is 2.71. The Morgan fingerprint density at radius 2 is 2.06 bits per heavy atom. The Labute approximate surface area is 107 Å². The van der Waals surface area contributed by atoms with Crippen LogP contribution in [0.3, 0.4) is 0 Å². The van der Waals surface area contributed by atoms with Crippen molar-refractivity contribution in [1.82, 2.24) is 0 Å².